The highest BCUT2D eigenvalue weighted by Crippen LogP contribution is 2.27. The van der Waals surface area contributed by atoms with Crippen LogP contribution in [-0.2, 0) is 14.6 Å². The summed E-state index contributed by atoms with van der Waals surface area (Å²) in [5, 5.41) is 11.7. The van der Waals surface area contributed by atoms with Gasteiger partial charge in [0.15, 0.2) is 15.5 Å². The largest absolute Gasteiger partial charge is 0.444 e. The van der Waals surface area contributed by atoms with Gasteiger partial charge in [-0.15, -0.1) is 0 Å². The summed E-state index contributed by atoms with van der Waals surface area (Å²) in [5.41, 5.74) is 0.856. The number of amides is 1. The molecule has 0 atom stereocenters. The second kappa shape index (κ2) is 9.80. The van der Waals surface area contributed by atoms with Crippen LogP contribution in [0.4, 0.5) is 10.6 Å². The first-order chi connectivity index (χ1) is 16.5. The molecule has 1 aromatic carbocycles. The molecule has 1 aliphatic rings. The Bertz CT molecular complexity index is 1290. The molecule has 4 rings (SSSR count). The van der Waals surface area contributed by atoms with Crippen LogP contribution in [0.5, 0.6) is 0 Å². The van der Waals surface area contributed by atoms with Crippen molar-refractivity contribution in [2.24, 2.45) is 5.92 Å². The molecule has 2 N–H and O–H groups in total. The van der Waals surface area contributed by atoms with E-state index in [1.807, 2.05) is 20.8 Å². The van der Waals surface area contributed by atoms with Crippen molar-refractivity contribution < 1.29 is 17.9 Å². The van der Waals surface area contributed by atoms with Gasteiger partial charge >= 0.3 is 6.09 Å². The third kappa shape index (κ3) is 6.27. The van der Waals surface area contributed by atoms with Crippen LogP contribution in [0.1, 0.15) is 46.5 Å². The van der Waals surface area contributed by atoms with Crippen molar-refractivity contribution in [1.82, 2.24) is 25.1 Å². The van der Waals surface area contributed by atoms with Gasteiger partial charge in [0.1, 0.15) is 17.7 Å². The van der Waals surface area contributed by atoms with Crippen LogP contribution in [0.3, 0.4) is 0 Å². The monoisotopic (exact) mass is 500 g/mol. The maximum atomic E-state index is 12.0. The number of nitrogens with one attached hydrogen (secondary N) is 2. The Morgan fingerprint density at radius 3 is 2.43 bits per heavy atom. The van der Waals surface area contributed by atoms with Gasteiger partial charge in [-0.05, 0) is 76.6 Å². The SMILES string of the molecule is CC(C)(C)OC(=O)N[C@H]1CC[C@@H](CNc2ncnc3c2cnn3-c2ccc(S(C)(=O)=O)cc2)CC1. The van der Waals surface area contributed by atoms with Crippen molar-refractivity contribution in [1.29, 1.82) is 0 Å². The van der Waals surface area contributed by atoms with E-state index < -0.39 is 15.4 Å². The Morgan fingerprint density at radius 2 is 1.80 bits per heavy atom. The van der Waals surface area contributed by atoms with Crippen LogP contribution in [0.25, 0.3) is 16.7 Å². The quantitative estimate of drug-likeness (QED) is 0.524. The number of aromatic nitrogens is 4. The van der Waals surface area contributed by atoms with Crippen LogP contribution in [-0.4, -0.2) is 58.7 Å². The standard InChI is InChI=1S/C24H32N6O4S/c1-24(2,3)34-23(31)29-17-7-5-16(6-8-17)13-25-21-20-14-28-30(22(20)27-15-26-21)18-9-11-19(12-10-18)35(4,32)33/h9-12,14-17H,5-8,13H2,1-4H3,(H,29,31)(H,25,26,27)/t16-,17+. The molecule has 0 unspecified atom stereocenters. The van der Waals surface area contributed by atoms with Crippen molar-refractivity contribution >= 4 is 32.8 Å². The topological polar surface area (TPSA) is 128 Å². The van der Waals surface area contributed by atoms with Gasteiger partial charge in [-0.3, -0.25) is 0 Å². The molecule has 1 saturated carbocycles. The minimum Gasteiger partial charge on any atom is -0.444 e. The Balaban J connectivity index is 1.36. The lowest BCUT2D eigenvalue weighted by atomic mass is 9.86. The maximum Gasteiger partial charge on any atom is 0.407 e. The molecule has 0 bridgehead atoms. The van der Waals surface area contributed by atoms with Crippen LogP contribution < -0.4 is 10.6 Å². The minimum atomic E-state index is -3.26. The fraction of sp³-hybridized carbons (Fsp3) is 0.500. The van der Waals surface area contributed by atoms with Gasteiger partial charge in [-0.25, -0.2) is 27.9 Å². The van der Waals surface area contributed by atoms with E-state index in [9.17, 15) is 13.2 Å². The number of ether oxygens (including phenoxy) is 1. The van der Waals surface area contributed by atoms with E-state index in [2.05, 4.69) is 25.7 Å². The van der Waals surface area contributed by atoms with Gasteiger partial charge < -0.3 is 15.4 Å². The number of rotatable bonds is 6. The summed E-state index contributed by atoms with van der Waals surface area (Å²) in [4.78, 5) is 21.1. The first-order valence-corrected chi connectivity index (χ1v) is 13.6. The van der Waals surface area contributed by atoms with E-state index in [4.69, 9.17) is 4.74 Å². The molecule has 3 aromatic rings. The van der Waals surface area contributed by atoms with Crippen molar-refractivity contribution in [3.05, 3.63) is 36.8 Å². The molecule has 2 heterocycles. The smallest absolute Gasteiger partial charge is 0.407 e. The number of carbonyl (C=O) groups excluding carboxylic acids is 1. The minimum absolute atomic E-state index is 0.138. The number of carbonyl (C=O) groups is 1. The zero-order chi connectivity index (χ0) is 25.2. The molecule has 2 aromatic heterocycles. The zero-order valence-electron chi connectivity index (χ0n) is 20.5. The lowest BCUT2D eigenvalue weighted by Crippen LogP contribution is -2.41. The second-order valence-corrected chi connectivity index (χ2v) is 12.0. The fourth-order valence-electron chi connectivity index (χ4n) is 4.23. The second-order valence-electron chi connectivity index (χ2n) is 10.0. The molecular formula is C24H32N6O4S. The van der Waals surface area contributed by atoms with E-state index in [0.29, 0.717) is 23.1 Å². The molecule has 0 saturated heterocycles. The number of hydrogen-bond donors (Lipinski definition) is 2. The number of hydrogen-bond acceptors (Lipinski definition) is 8. The molecule has 1 amide bonds. The summed E-state index contributed by atoms with van der Waals surface area (Å²) in [6.45, 7) is 6.34. The molecule has 1 fully saturated rings. The zero-order valence-corrected chi connectivity index (χ0v) is 21.3. The summed E-state index contributed by atoms with van der Waals surface area (Å²) in [5.74, 6) is 1.18. The molecule has 0 radical (unpaired) electrons. The van der Waals surface area contributed by atoms with Crippen molar-refractivity contribution in [3.8, 4) is 5.69 Å². The number of benzene rings is 1. The Hall–Kier alpha value is -3.21. The molecule has 1 aliphatic carbocycles. The maximum absolute atomic E-state index is 12.0. The van der Waals surface area contributed by atoms with Crippen LogP contribution in [0.15, 0.2) is 41.7 Å². The Labute approximate surface area is 205 Å². The predicted molar refractivity (Wildman–Crippen MR) is 133 cm³/mol. The van der Waals surface area contributed by atoms with Crippen LogP contribution in [0.2, 0.25) is 0 Å². The normalized spacial score (nSPS) is 18.9. The van der Waals surface area contributed by atoms with Crippen molar-refractivity contribution in [2.75, 3.05) is 18.1 Å². The Morgan fingerprint density at radius 1 is 1.11 bits per heavy atom. The summed E-state index contributed by atoms with van der Waals surface area (Å²) in [6.07, 6.45) is 7.84. The van der Waals surface area contributed by atoms with Gasteiger partial charge in [0, 0.05) is 18.8 Å². The van der Waals surface area contributed by atoms with E-state index >= 15 is 0 Å². The molecule has 35 heavy (non-hydrogen) atoms. The number of anilines is 1. The molecule has 10 nitrogen and oxygen atoms in total. The lowest BCUT2D eigenvalue weighted by Gasteiger charge is -2.30. The average Bonchev–Trinajstić information content (AvgIpc) is 3.22. The summed E-state index contributed by atoms with van der Waals surface area (Å²) in [6, 6.07) is 6.68. The van der Waals surface area contributed by atoms with Gasteiger partial charge in [0.2, 0.25) is 0 Å². The summed E-state index contributed by atoms with van der Waals surface area (Å²) < 4.78 is 30.5. The highest BCUT2D eigenvalue weighted by atomic mass is 32.2. The highest BCUT2D eigenvalue weighted by molar-refractivity contribution is 7.90. The predicted octanol–water partition coefficient (Wildman–Crippen LogP) is 3.71. The number of fused-ring (bicyclic) bond motifs is 1. The third-order valence-electron chi connectivity index (χ3n) is 6.00. The van der Waals surface area contributed by atoms with Crippen molar-refractivity contribution in [3.63, 3.8) is 0 Å². The summed E-state index contributed by atoms with van der Waals surface area (Å²) in [7, 11) is -3.26. The van der Waals surface area contributed by atoms with Crippen LogP contribution in [0, 0.1) is 5.92 Å². The number of sulfone groups is 1. The molecule has 0 spiro atoms. The van der Waals surface area contributed by atoms with Gasteiger partial charge in [-0.2, -0.15) is 5.10 Å². The van der Waals surface area contributed by atoms with E-state index in [1.165, 1.54) is 12.6 Å². The van der Waals surface area contributed by atoms with Crippen molar-refractivity contribution in [2.45, 2.75) is 63.0 Å². The first-order valence-electron chi connectivity index (χ1n) is 11.7. The molecular weight excluding hydrogens is 468 g/mol. The Kier molecular flexibility index (Phi) is 6.98. The highest BCUT2D eigenvalue weighted by Gasteiger charge is 2.25. The number of nitrogens with zero attached hydrogens (tertiary/aromatic N) is 4. The van der Waals surface area contributed by atoms with E-state index in [1.54, 1.807) is 35.1 Å². The average molecular weight is 501 g/mol. The van der Waals surface area contributed by atoms with E-state index in [-0.39, 0.29) is 17.0 Å². The molecule has 11 heteroatoms. The van der Waals surface area contributed by atoms with Gasteiger partial charge in [0.25, 0.3) is 0 Å². The molecule has 0 aliphatic heterocycles. The first kappa shape index (κ1) is 24.9. The summed E-state index contributed by atoms with van der Waals surface area (Å²) >= 11 is 0. The lowest BCUT2D eigenvalue weighted by molar-refractivity contribution is 0.0488. The van der Waals surface area contributed by atoms with E-state index in [0.717, 1.165) is 37.6 Å². The fourth-order valence-corrected chi connectivity index (χ4v) is 4.87. The van der Waals surface area contributed by atoms with Gasteiger partial charge in [-0.1, -0.05) is 0 Å². The molecule has 188 valence electrons. The van der Waals surface area contributed by atoms with Gasteiger partial charge in [0.05, 0.1) is 22.2 Å². The number of alkyl carbamates (subject to hydrolysis) is 1. The third-order valence-corrected chi connectivity index (χ3v) is 7.13. The van der Waals surface area contributed by atoms with Crippen LogP contribution >= 0.6 is 0 Å².